The number of nitrogens with one attached hydrogen (secondary N) is 1. The standard InChI is InChI=1S/C19H15ClN2O5/c1-10-17(14-5-3-4-6-16(14)21-10)18(23)11(2)27-19(24)13-8-7-12(22(25)26)9-15(13)20/h3-9,11,21H,1-2H3/t11-/m1/s1. The van der Waals surface area contributed by atoms with Gasteiger partial charge in [0.15, 0.2) is 6.10 Å². The highest BCUT2D eigenvalue weighted by atomic mass is 35.5. The lowest BCUT2D eigenvalue weighted by Gasteiger charge is -2.13. The van der Waals surface area contributed by atoms with Crippen molar-refractivity contribution in [2.24, 2.45) is 0 Å². The lowest BCUT2D eigenvalue weighted by Crippen LogP contribution is -2.25. The number of aromatic nitrogens is 1. The molecule has 3 rings (SSSR count). The fourth-order valence-corrected chi connectivity index (χ4v) is 3.11. The molecule has 0 saturated heterocycles. The number of hydrogen-bond donors (Lipinski definition) is 1. The zero-order chi connectivity index (χ0) is 19.7. The maximum Gasteiger partial charge on any atom is 0.340 e. The maximum absolute atomic E-state index is 12.8. The van der Waals surface area contributed by atoms with Gasteiger partial charge in [0.25, 0.3) is 5.69 Å². The quantitative estimate of drug-likeness (QED) is 0.301. The predicted octanol–water partition coefficient (Wildman–Crippen LogP) is 4.47. The number of Topliss-reactive ketones (excluding diaryl/α,β-unsaturated/α-hetero) is 1. The molecule has 1 heterocycles. The van der Waals surface area contributed by atoms with Crippen molar-refractivity contribution in [1.29, 1.82) is 0 Å². The van der Waals surface area contributed by atoms with Crippen LogP contribution in [0.3, 0.4) is 0 Å². The molecule has 1 aromatic heterocycles. The van der Waals surface area contributed by atoms with E-state index in [0.717, 1.165) is 23.0 Å². The minimum Gasteiger partial charge on any atom is -0.451 e. The summed E-state index contributed by atoms with van der Waals surface area (Å²) in [4.78, 5) is 38.4. The fraction of sp³-hybridized carbons (Fsp3) is 0.158. The molecule has 0 fully saturated rings. The third kappa shape index (κ3) is 3.54. The Morgan fingerprint density at radius 3 is 2.59 bits per heavy atom. The molecule has 138 valence electrons. The lowest BCUT2D eigenvalue weighted by molar-refractivity contribution is -0.384. The van der Waals surface area contributed by atoms with Gasteiger partial charge in [0.1, 0.15) is 0 Å². The molecule has 3 aromatic rings. The number of nitro benzene ring substituents is 1. The summed E-state index contributed by atoms with van der Waals surface area (Å²) in [5, 5.41) is 11.4. The highest BCUT2D eigenvalue weighted by Crippen LogP contribution is 2.26. The van der Waals surface area contributed by atoms with E-state index in [0.29, 0.717) is 11.3 Å². The molecule has 0 radical (unpaired) electrons. The second kappa shape index (κ2) is 7.20. The zero-order valence-corrected chi connectivity index (χ0v) is 15.2. The summed E-state index contributed by atoms with van der Waals surface area (Å²) in [7, 11) is 0. The molecule has 0 unspecified atom stereocenters. The van der Waals surface area contributed by atoms with Crippen molar-refractivity contribution in [3.05, 3.63) is 74.4 Å². The van der Waals surface area contributed by atoms with Crippen LogP contribution in [0.25, 0.3) is 10.9 Å². The van der Waals surface area contributed by atoms with Gasteiger partial charge in [-0.05, 0) is 26.0 Å². The number of halogens is 1. The first-order chi connectivity index (χ1) is 12.8. The van der Waals surface area contributed by atoms with Crippen LogP contribution in [0.4, 0.5) is 5.69 Å². The molecule has 7 nitrogen and oxygen atoms in total. The van der Waals surface area contributed by atoms with E-state index < -0.39 is 17.0 Å². The van der Waals surface area contributed by atoms with Crippen LogP contribution in [-0.4, -0.2) is 27.8 Å². The summed E-state index contributed by atoms with van der Waals surface area (Å²) in [6, 6.07) is 10.8. The first kappa shape index (κ1) is 18.6. The van der Waals surface area contributed by atoms with Gasteiger partial charge in [-0.15, -0.1) is 0 Å². The number of H-pyrrole nitrogens is 1. The number of benzene rings is 2. The Morgan fingerprint density at radius 2 is 1.93 bits per heavy atom. The number of carbonyl (C=O) groups excluding carboxylic acids is 2. The first-order valence-electron chi connectivity index (χ1n) is 8.06. The normalized spacial score (nSPS) is 12.0. The van der Waals surface area contributed by atoms with Gasteiger partial charge in [-0.3, -0.25) is 14.9 Å². The van der Waals surface area contributed by atoms with Crippen molar-refractivity contribution in [2.75, 3.05) is 0 Å². The Bertz CT molecular complexity index is 1070. The van der Waals surface area contributed by atoms with Crippen LogP contribution in [0, 0.1) is 17.0 Å². The van der Waals surface area contributed by atoms with Crippen LogP contribution in [0.5, 0.6) is 0 Å². The molecule has 0 amide bonds. The van der Waals surface area contributed by atoms with Gasteiger partial charge in [0.05, 0.1) is 15.5 Å². The van der Waals surface area contributed by atoms with Gasteiger partial charge in [-0.2, -0.15) is 0 Å². The van der Waals surface area contributed by atoms with Gasteiger partial charge >= 0.3 is 5.97 Å². The molecule has 0 aliphatic heterocycles. The number of esters is 1. The van der Waals surface area contributed by atoms with E-state index in [4.69, 9.17) is 16.3 Å². The number of nitro groups is 1. The smallest absolute Gasteiger partial charge is 0.340 e. The maximum atomic E-state index is 12.8. The SMILES string of the molecule is Cc1[nH]c2ccccc2c1C(=O)[C@@H](C)OC(=O)c1ccc([N+](=O)[O-])cc1Cl. The summed E-state index contributed by atoms with van der Waals surface area (Å²) in [5.74, 6) is -1.18. The second-order valence-electron chi connectivity index (χ2n) is 6.00. The number of nitrogens with zero attached hydrogens (tertiary/aromatic N) is 1. The number of aryl methyl sites for hydroxylation is 1. The number of para-hydroxylation sites is 1. The van der Waals surface area contributed by atoms with Crippen molar-refractivity contribution in [1.82, 2.24) is 4.98 Å². The number of carbonyl (C=O) groups is 2. The summed E-state index contributed by atoms with van der Waals surface area (Å²) in [5.41, 5.74) is 1.67. The number of hydrogen-bond acceptors (Lipinski definition) is 5. The summed E-state index contributed by atoms with van der Waals surface area (Å²) < 4.78 is 5.25. The van der Waals surface area contributed by atoms with Gasteiger partial charge in [0, 0.05) is 34.3 Å². The molecule has 27 heavy (non-hydrogen) atoms. The van der Waals surface area contributed by atoms with E-state index in [9.17, 15) is 19.7 Å². The number of fused-ring (bicyclic) bond motifs is 1. The number of non-ortho nitro benzene ring substituents is 1. The molecule has 1 atom stereocenters. The Labute approximate surface area is 159 Å². The van der Waals surface area contributed by atoms with Crippen LogP contribution < -0.4 is 0 Å². The van der Waals surface area contributed by atoms with Crippen molar-refractivity contribution >= 4 is 39.9 Å². The van der Waals surface area contributed by atoms with Crippen LogP contribution in [0.1, 0.15) is 33.3 Å². The predicted molar refractivity (Wildman–Crippen MR) is 100 cm³/mol. The van der Waals surface area contributed by atoms with Crippen molar-refractivity contribution < 1.29 is 19.2 Å². The average Bonchev–Trinajstić information content (AvgIpc) is 2.96. The van der Waals surface area contributed by atoms with Gasteiger partial charge < -0.3 is 9.72 Å². The van der Waals surface area contributed by atoms with E-state index in [2.05, 4.69) is 4.98 Å². The zero-order valence-electron chi connectivity index (χ0n) is 14.5. The third-order valence-corrected chi connectivity index (χ3v) is 4.49. The lowest BCUT2D eigenvalue weighted by atomic mass is 10.0. The number of ketones is 1. The molecule has 2 aromatic carbocycles. The molecule has 0 aliphatic carbocycles. The monoisotopic (exact) mass is 386 g/mol. The van der Waals surface area contributed by atoms with Crippen LogP contribution >= 0.6 is 11.6 Å². The Hall–Kier alpha value is -3.19. The minimum absolute atomic E-state index is 0.0439. The molecule has 0 bridgehead atoms. The fourth-order valence-electron chi connectivity index (χ4n) is 2.86. The molecule has 0 spiro atoms. The van der Waals surface area contributed by atoms with Gasteiger partial charge in [-0.25, -0.2) is 4.79 Å². The van der Waals surface area contributed by atoms with Gasteiger partial charge in [-0.1, -0.05) is 29.8 Å². The number of ether oxygens (including phenoxy) is 1. The highest BCUT2D eigenvalue weighted by Gasteiger charge is 2.26. The summed E-state index contributed by atoms with van der Waals surface area (Å²) >= 11 is 5.94. The largest absolute Gasteiger partial charge is 0.451 e. The molecule has 0 aliphatic rings. The number of aromatic amines is 1. The third-order valence-electron chi connectivity index (χ3n) is 4.18. The van der Waals surface area contributed by atoms with Crippen LogP contribution in [-0.2, 0) is 4.74 Å². The van der Waals surface area contributed by atoms with Crippen molar-refractivity contribution in [3.8, 4) is 0 Å². The second-order valence-corrected chi connectivity index (χ2v) is 6.41. The average molecular weight is 387 g/mol. The van der Waals surface area contributed by atoms with Crippen molar-refractivity contribution in [3.63, 3.8) is 0 Å². The first-order valence-corrected chi connectivity index (χ1v) is 8.44. The molecule has 0 saturated carbocycles. The molecule has 1 N–H and O–H groups in total. The van der Waals surface area contributed by atoms with E-state index >= 15 is 0 Å². The summed E-state index contributed by atoms with van der Waals surface area (Å²) in [6.07, 6.45) is -1.05. The van der Waals surface area contributed by atoms with E-state index in [1.54, 1.807) is 6.92 Å². The van der Waals surface area contributed by atoms with Crippen molar-refractivity contribution in [2.45, 2.75) is 20.0 Å². The molecule has 8 heteroatoms. The Kier molecular flexibility index (Phi) is 4.96. The number of rotatable bonds is 5. The topological polar surface area (TPSA) is 102 Å². The summed E-state index contributed by atoms with van der Waals surface area (Å²) in [6.45, 7) is 3.25. The van der Waals surface area contributed by atoms with E-state index in [1.807, 2.05) is 24.3 Å². The molecular formula is C19H15ClN2O5. The minimum atomic E-state index is -1.05. The van der Waals surface area contributed by atoms with E-state index in [-0.39, 0.29) is 22.1 Å². The van der Waals surface area contributed by atoms with Crippen LogP contribution in [0.2, 0.25) is 5.02 Å². The highest BCUT2D eigenvalue weighted by molar-refractivity contribution is 6.33. The van der Waals surface area contributed by atoms with E-state index in [1.165, 1.54) is 13.0 Å². The Balaban J connectivity index is 1.83. The van der Waals surface area contributed by atoms with Crippen LogP contribution in [0.15, 0.2) is 42.5 Å². The Morgan fingerprint density at radius 1 is 1.22 bits per heavy atom. The van der Waals surface area contributed by atoms with Gasteiger partial charge in [0.2, 0.25) is 5.78 Å². The molecular weight excluding hydrogens is 372 g/mol.